The van der Waals surface area contributed by atoms with Crippen molar-refractivity contribution in [1.82, 2.24) is 10.2 Å². The number of amides is 1. The Morgan fingerprint density at radius 2 is 1.96 bits per heavy atom. The van der Waals surface area contributed by atoms with Gasteiger partial charge in [-0.3, -0.25) is 4.79 Å². The monoisotopic (exact) mass is 319 g/mol. The van der Waals surface area contributed by atoms with E-state index in [0.717, 1.165) is 5.56 Å². The summed E-state index contributed by atoms with van der Waals surface area (Å²) in [5.41, 5.74) is 1.97. The predicted molar refractivity (Wildman–Crippen MR) is 87.2 cm³/mol. The van der Waals surface area contributed by atoms with Gasteiger partial charge >= 0.3 is 0 Å². The first-order valence-corrected chi connectivity index (χ1v) is 7.16. The Morgan fingerprint density at radius 3 is 2.58 bits per heavy atom. The highest BCUT2D eigenvalue weighted by Gasteiger charge is 2.08. The molecular formula is C17H13N5O2. The zero-order chi connectivity index (χ0) is 16.8. The molecule has 0 radical (unpaired) electrons. The molecule has 0 unspecified atom stereocenters. The maximum atomic E-state index is 11.9. The van der Waals surface area contributed by atoms with Crippen molar-refractivity contribution < 1.29 is 9.21 Å². The van der Waals surface area contributed by atoms with E-state index in [1.54, 1.807) is 24.3 Å². The van der Waals surface area contributed by atoms with E-state index in [2.05, 4.69) is 20.8 Å². The molecule has 0 saturated carbocycles. The molecule has 0 saturated heterocycles. The largest absolute Gasteiger partial charge is 0.459 e. The Bertz CT molecular complexity index is 850. The molecule has 0 aliphatic rings. The summed E-state index contributed by atoms with van der Waals surface area (Å²) in [5.74, 6) is 0.558. The molecule has 0 fully saturated rings. The van der Waals surface area contributed by atoms with E-state index >= 15 is 0 Å². The van der Waals surface area contributed by atoms with Crippen molar-refractivity contribution in [2.75, 3.05) is 10.6 Å². The molecule has 0 spiro atoms. The second-order valence-electron chi connectivity index (χ2n) is 4.90. The molecule has 0 aliphatic heterocycles. The minimum absolute atomic E-state index is 0.264. The lowest BCUT2D eigenvalue weighted by molar-refractivity contribution is 0.0996. The zero-order valence-corrected chi connectivity index (χ0v) is 12.6. The van der Waals surface area contributed by atoms with Crippen molar-refractivity contribution in [2.24, 2.45) is 0 Å². The average Bonchev–Trinajstić information content (AvgIpc) is 3.16. The maximum Gasteiger partial charge on any atom is 0.291 e. The molecule has 2 heterocycles. The number of benzene rings is 1. The van der Waals surface area contributed by atoms with Crippen LogP contribution >= 0.6 is 0 Å². The second-order valence-corrected chi connectivity index (χ2v) is 4.90. The van der Waals surface area contributed by atoms with Gasteiger partial charge < -0.3 is 15.1 Å². The number of rotatable bonds is 5. The van der Waals surface area contributed by atoms with E-state index in [4.69, 9.17) is 9.68 Å². The van der Waals surface area contributed by atoms with Crippen LogP contribution in [0.15, 0.2) is 59.2 Å². The summed E-state index contributed by atoms with van der Waals surface area (Å²) in [5, 5.41) is 22.2. The first-order chi connectivity index (χ1) is 11.7. The topological polar surface area (TPSA) is 104 Å². The zero-order valence-electron chi connectivity index (χ0n) is 12.6. The van der Waals surface area contributed by atoms with Crippen LogP contribution in [0.4, 0.5) is 11.5 Å². The van der Waals surface area contributed by atoms with Crippen LogP contribution in [0.3, 0.4) is 0 Å². The molecular weight excluding hydrogens is 306 g/mol. The third-order valence-corrected chi connectivity index (χ3v) is 3.21. The molecule has 24 heavy (non-hydrogen) atoms. The maximum absolute atomic E-state index is 11.9. The number of anilines is 2. The van der Waals surface area contributed by atoms with E-state index in [1.165, 1.54) is 6.26 Å². The lowest BCUT2D eigenvalue weighted by Gasteiger charge is -2.07. The van der Waals surface area contributed by atoms with Gasteiger partial charge in [0, 0.05) is 12.2 Å². The lowest BCUT2D eigenvalue weighted by atomic mass is 10.2. The fraction of sp³-hybridized carbons (Fsp3) is 0.0588. The van der Waals surface area contributed by atoms with Gasteiger partial charge in [-0.25, -0.2) is 0 Å². The number of aromatic nitrogens is 2. The standard InChI is InChI=1S/C17H13N5O2/c18-10-14-7-8-16(22-21-14)19-11-12-3-5-13(6-4-12)20-17(23)15-2-1-9-24-15/h1-9H,11H2,(H,19,22)(H,20,23). The van der Waals surface area contributed by atoms with Crippen LogP contribution in [0.25, 0.3) is 0 Å². The van der Waals surface area contributed by atoms with Gasteiger partial charge in [0.25, 0.3) is 5.91 Å². The van der Waals surface area contributed by atoms with Gasteiger partial charge in [0.1, 0.15) is 11.9 Å². The molecule has 1 aromatic carbocycles. The quantitative estimate of drug-likeness (QED) is 0.749. The van der Waals surface area contributed by atoms with E-state index in [0.29, 0.717) is 18.1 Å². The summed E-state index contributed by atoms with van der Waals surface area (Å²) in [6.45, 7) is 0.549. The summed E-state index contributed by atoms with van der Waals surface area (Å²) < 4.78 is 5.04. The summed E-state index contributed by atoms with van der Waals surface area (Å²) in [7, 11) is 0. The summed E-state index contributed by atoms with van der Waals surface area (Å²) in [6, 6.07) is 15.9. The molecule has 2 N–H and O–H groups in total. The normalized spacial score (nSPS) is 9.96. The van der Waals surface area contributed by atoms with Crippen molar-refractivity contribution in [1.29, 1.82) is 5.26 Å². The highest BCUT2D eigenvalue weighted by atomic mass is 16.3. The fourth-order valence-corrected chi connectivity index (χ4v) is 1.99. The summed E-state index contributed by atoms with van der Waals surface area (Å²) in [4.78, 5) is 11.9. The van der Waals surface area contributed by atoms with Gasteiger partial charge in [-0.15, -0.1) is 10.2 Å². The molecule has 0 aliphatic carbocycles. The molecule has 7 heteroatoms. The first-order valence-electron chi connectivity index (χ1n) is 7.16. The van der Waals surface area contributed by atoms with Crippen molar-refractivity contribution in [3.63, 3.8) is 0 Å². The third kappa shape index (κ3) is 3.75. The smallest absolute Gasteiger partial charge is 0.291 e. The van der Waals surface area contributed by atoms with Crippen LogP contribution in [-0.4, -0.2) is 16.1 Å². The van der Waals surface area contributed by atoms with Crippen LogP contribution in [0.1, 0.15) is 21.8 Å². The number of nitriles is 1. The number of hydrogen-bond acceptors (Lipinski definition) is 6. The molecule has 2 aromatic heterocycles. The molecule has 7 nitrogen and oxygen atoms in total. The Balaban J connectivity index is 1.56. The highest BCUT2D eigenvalue weighted by Crippen LogP contribution is 2.13. The van der Waals surface area contributed by atoms with Gasteiger partial charge in [-0.05, 0) is 42.0 Å². The van der Waals surface area contributed by atoms with Crippen LogP contribution in [0, 0.1) is 11.3 Å². The Kier molecular flexibility index (Phi) is 4.49. The minimum Gasteiger partial charge on any atom is -0.459 e. The number of carbonyl (C=O) groups excluding carboxylic acids is 1. The van der Waals surface area contributed by atoms with Crippen molar-refractivity contribution in [2.45, 2.75) is 6.54 Å². The van der Waals surface area contributed by atoms with Crippen LogP contribution < -0.4 is 10.6 Å². The van der Waals surface area contributed by atoms with E-state index in [9.17, 15) is 4.79 Å². The summed E-state index contributed by atoms with van der Waals surface area (Å²) >= 11 is 0. The Morgan fingerprint density at radius 1 is 1.12 bits per heavy atom. The lowest BCUT2D eigenvalue weighted by Crippen LogP contribution is -2.10. The number of carbonyl (C=O) groups is 1. The van der Waals surface area contributed by atoms with E-state index in [-0.39, 0.29) is 17.4 Å². The van der Waals surface area contributed by atoms with Crippen molar-refractivity contribution in [3.8, 4) is 6.07 Å². The molecule has 118 valence electrons. The Hall–Kier alpha value is -3.66. The van der Waals surface area contributed by atoms with Gasteiger partial charge in [-0.1, -0.05) is 12.1 Å². The van der Waals surface area contributed by atoms with E-state index < -0.39 is 0 Å². The van der Waals surface area contributed by atoms with Gasteiger partial charge in [0.2, 0.25) is 0 Å². The highest BCUT2D eigenvalue weighted by molar-refractivity contribution is 6.02. The van der Waals surface area contributed by atoms with Gasteiger partial charge in [0.15, 0.2) is 11.5 Å². The predicted octanol–water partition coefficient (Wildman–Crippen LogP) is 2.81. The Labute approximate surface area is 137 Å². The summed E-state index contributed by atoms with van der Waals surface area (Å²) in [6.07, 6.45) is 1.45. The number of hydrogen-bond donors (Lipinski definition) is 2. The van der Waals surface area contributed by atoms with Crippen molar-refractivity contribution >= 4 is 17.4 Å². The molecule has 3 rings (SSSR count). The van der Waals surface area contributed by atoms with Crippen LogP contribution in [-0.2, 0) is 6.54 Å². The number of nitrogens with one attached hydrogen (secondary N) is 2. The number of furan rings is 1. The minimum atomic E-state index is -0.293. The third-order valence-electron chi connectivity index (χ3n) is 3.21. The first kappa shape index (κ1) is 15.2. The second kappa shape index (κ2) is 7.07. The van der Waals surface area contributed by atoms with Gasteiger partial charge in [0.05, 0.1) is 6.26 Å². The van der Waals surface area contributed by atoms with Crippen molar-refractivity contribution in [3.05, 3.63) is 71.8 Å². The van der Waals surface area contributed by atoms with Crippen LogP contribution in [0.5, 0.6) is 0 Å². The average molecular weight is 319 g/mol. The number of nitrogens with zero attached hydrogens (tertiary/aromatic N) is 3. The molecule has 0 bridgehead atoms. The van der Waals surface area contributed by atoms with E-state index in [1.807, 2.05) is 30.3 Å². The van der Waals surface area contributed by atoms with Gasteiger partial charge in [-0.2, -0.15) is 5.26 Å². The SMILES string of the molecule is N#Cc1ccc(NCc2ccc(NC(=O)c3ccco3)cc2)nn1. The fourth-order valence-electron chi connectivity index (χ4n) is 1.99. The molecule has 0 atom stereocenters. The molecule has 3 aromatic rings. The van der Waals surface area contributed by atoms with Crippen LogP contribution in [0.2, 0.25) is 0 Å². The molecule has 1 amide bonds.